The summed E-state index contributed by atoms with van der Waals surface area (Å²) in [4.78, 5) is 11.6. The van der Waals surface area contributed by atoms with Crippen molar-refractivity contribution in [2.75, 3.05) is 20.6 Å². The molecule has 0 unspecified atom stereocenters. The van der Waals surface area contributed by atoms with Crippen LogP contribution in [0.2, 0.25) is 5.02 Å². The van der Waals surface area contributed by atoms with Crippen molar-refractivity contribution in [3.05, 3.63) is 33.3 Å². The van der Waals surface area contributed by atoms with Gasteiger partial charge in [-0.3, -0.25) is 10.1 Å². The van der Waals surface area contributed by atoms with Crippen LogP contribution in [-0.4, -0.2) is 44.4 Å². The summed E-state index contributed by atoms with van der Waals surface area (Å²) < 4.78 is 26.9. The van der Waals surface area contributed by atoms with Gasteiger partial charge in [0, 0.05) is 24.2 Å². The Morgan fingerprint density at radius 1 is 1.38 bits per heavy atom. The van der Waals surface area contributed by atoms with E-state index in [4.69, 9.17) is 11.6 Å². The summed E-state index contributed by atoms with van der Waals surface area (Å²) in [6, 6.07) is 3.31. The van der Waals surface area contributed by atoms with Gasteiger partial charge in [-0.15, -0.1) is 0 Å². The van der Waals surface area contributed by atoms with Crippen LogP contribution in [0.25, 0.3) is 0 Å². The monoisotopic (exact) mass is 335 g/mol. The molecule has 0 fully saturated rings. The zero-order chi connectivity index (χ0) is 16.4. The normalized spacial score (nSPS) is 12.7. The Kier molecular flexibility index (Phi) is 5.32. The van der Waals surface area contributed by atoms with Crippen molar-refractivity contribution >= 4 is 27.3 Å². The third kappa shape index (κ3) is 4.37. The van der Waals surface area contributed by atoms with Gasteiger partial charge in [0.2, 0.25) is 10.0 Å². The first-order valence-corrected chi connectivity index (χ1v) is 7.94. The number of nitro benzene ring substituents is 1. The summed E-state index contributed by atoms with van der Waals surface area (Å²) in [5.41, 5.74) is -0.744. The topological polar surface area (TPSA) is 92.6 Å². The lowest BCUT2D eigenvalue weighted by Gasteiger charge is -2.32. The van der Waals surface area contributed by atoms with Crippen molar-refractivity contribution < 1.29 is 13.3 Å². The van der Waals surface area contributed by atoms with Crippen LogP contribution in [0, 0.1) is 10.1 Å². The number of nitro groups is 1. The summed E-state index contributed by atoms with van der Waals surface area (Å²) in [6.07, 6.45) is 0. The van der Waals surface area contributed by atoms with Crippen LogP contribution in [0.4, 0.5) is 5.69 Å². The minimum absolute atomic E-state index is 0.0595. The first-order chi connectivity index (χ1) is 9.47. The lowest BCUT2D eigenvalue weighted by molar-refractivity contribution is -0.385. The highest BCUT2D eigenvalue weighted by Gasteiger charge is 2.26. The molecule has 1 rings (SSSR count). The van der Waals surface area contributed by atoms with Crippen molar-refractivity contribution in [2.24, 2.45) is 0 Å². The van der Waals surface area contributed by atoms with E-state index in [-0.39, 0.29) is 22.2 Å². The number of nitrogens with zero attached hydrogens (tertiary/aromatic N) is 2. The van der Waals surface area contributed by atoms with Gasteiger partial charge >= 0.3 is 0 Å². The van der Waals surface area contributed by atoms with Crippen molar-refractivity contribution in [1.29, 1.82) is 0 Å². The number of rotatable bonds is 6. The van der Waals surface area contributed by atoms with Crippen LogP contribution in [-0.2, 0) is 10.0 Å². The molecule has 0 atom stereocenters. The number of hydrogen-bond acceptors (Lipinski definition) is 5. The maximum atomic E-state index is 12.3. The van der Waals surface area contributed by atoms with Gasteiger partial charge in [0.05, 0.1) is 9.95 Å². The van der Waals surface area contributed by atoms with E-state index in [1.165, 1.54) is 6.07 Å². The van der Waals surface area contributed by atoms with E-state index >= 15 is 0 Å². The highest BCUT2D eigenvalue weighted by molar-refractivity contribution is 7.89. The first-order valence-electron chi connectivity index (χ1n) is 6.08. The first kappa shape index (κ1) is 17.8. The van der Waals surface area contributed by atoms with Crippen molar-refractivity contribution in [3.63, 3.8) is 0 Å². The fourth-order valence-electron chi connectivity index (χ4n) is 1.32. The average Bonchev–Trinajstić information content (AvgIpc) is 2.36. The molecule has 0 aliphatic carbocycles. The Morgan fingerprint density at radius 2 is 1.95 bits per heavy atom. The molecule has 118 valence electrons. The van der Waals surface area contributed by atoms with E-state index in [1.54, 1.807) is 0 Å². The van der Waals surface area contributed by atoms with Gasteiger partial charge in [-0.1, -0.05) is 11.6 Å². The Labute approximate surface area is 129 Å². The second kappa shape index (κ2) is 6.27. The van der Waals surface area contributed by atoms with E-state index in [1.807, 2.05) is 32.8 Å². The fourth-order valence-corrected chi connectivity index (χ4v) is 3.04. The molecular formula is C12H18ClN3O4S. The lowest BCUT2D eigenvalue weighted by Crippen LogP contribution is -2.48. The molecule has 0 saturated heterocycles. The summed E-state index contributed by atoms with van der Waals surface area (Å²) in [5.74, 6) is 0. The number of benzene rings is 1. The fraction of sp³-hybridized carbons (Fsp3) is 0.500. The predicted octanol–water partition coefficient (Wildman–Crippen LogP) is 1.87. The molecule has 1 aromatic rings. The van der Waals surface area contributed by atoms with Gasteiger partial charge in [-0.05, 0) is 34.0 Å². The van der Waals surface area contributed by atoms with Crippen LogP contribution in [0.1, 0.15) is 13.8 Å². The molecule has 0 aliphatic rings. The maximum absolute atomic E-state index is 12.3. The van der Waals surface area contributed by atoms with Crippen molar-refractivity contribution in [3.8, 4) is 0 Å². The molecule has 9 heteroatoms. The number of halogens is 1. The zero-order valence-electron chi connectivity index (χ0n) is 12.3. The second-order valence-electron chi connectivity index (χ2n) is 5.40. The molecule has 1 aromatic carbocycles. The molecule has 0 amide bonds. The maximum Gasteiger partial charge on any atom is 0.270 e. The SMILES string of the molecule is CN(C)C(C)(C)CNS(=O)(=O)c1cc([N+](=O)[O-])ccc1Cl. The van der Waals surface area contributed by atoms with Gasteiger partial charge in [-0.2, -0.15) is 0 Å². The Hall–Kier alpha value is -1.22. The minimum atomic E-state index is -3.93. The molecule has 0 saturated carbocycles. The largest absolute Gasteiger partial charge is 0.303 e. The van der Waals surface area contributed by atoms with Gasteiger partial charge in [0.15, 0.2) is 0 Å². The predicted molar refractivity (Wildman–Crippen MR) is 81.1 cm³/mol. The van der Waals surface area contributed by atoms with Crippen LogP contribution in [0.3, 0.4) is 0 Å². The van der Waals surface area contributed by atoms with Crippen LogP contribution < -0.4 is 4.72 Å². The molecule has 1 N–H and O–H groups in total. The molecule has 0 spiro atoms. The summed E-state index contributed by atoms with van der Waals surface area (Å²) in [7, 11) is -0.271. The number of hydrogen-bond donors (Lipinski definition) is 1. The van der Waals surface area contributed by atoms with Gasteiger partial charge in [-0.25, -0.2) is 13.1 Å². The third-order valence-electron chi connectivity index (χ3n) is 3.32. The Balaban J connectivity index is 3.09. The number of nitrogens with one attached hydrogen (secondary N) is 1. The summed E-state index contributed by atoms with van der Waals surface area (Å²) in [6.45, 7) is 3.87. The van der Waals surface area contributed by atoms with Gasteiger partial charge in [0.25, 0.3) is 5.69 Å². The highest BCUT2D eigenvalue weighted by Crippen LogP contribution is 2.26. The Bertz CT molecular complexity index is 644. The molecule has 0 heterocycles. The van der Waals surface area contributed by atoms with E-state index in [0.29, 0.717) is 0 Å². The quantitative estimate of drug-likeness (QED) is 0.632. The smallest absolute Gasteiger partial charge is 0.270 e. The molecule has 21 heavy (non-hydrogen) atoms. The average molecular weight is 336 g/mol. The van der Waals surface area contributed by atoms with Crippen LogP contribution in [0.15, 0.2) is 23.1 Å². The van der Waals surface area contributed by atoms with Crippen molar-refractivity contribution in [2.45, 2.75) is 24.3 Å². The number of non-ortho nitro benzene ring substituents is 1. The van der Waals surface area contributed by atoms with Crippen LogP contribution in [0.5, 0.6) is 0 Å². The van der Waals surface area contributed by atoms with Crippen LogP contribution >= 0.6 is 11.6 Å². The van der Waals surface area contributed by atoms with E-state index in [0.717, 1.165) is 12.1 Å². The zero-order valence-corrected chi connectivity index (χ0v) is 13.8. The summed E-state index contributed by atoms with van der Waals surface area (Å²) in [5, 5.41) is 10.7. The van der Waals surface area contributed by atoms with Gasteiger partial charge < -0.3 is 4.90 Å². The minimum Gasteiger partial charge on any atom is -0.303 e. The van der Waals surface area contributed by atoms with Crippen molar-refractivity contribution in [1.82, 2.24) is 9.62 Å². The van der Waals surface area contributed by atoms with Gasteiger partial charge in [0.1, 0.15) is 4.90 Å². The van der Waals surface area contributed by atoms with E-state index in [2.05, 4.69) is 4.72 Å². The number of likely N-dealkylation sites (N-methyl/N-ethyl adjacent to an activating group) is 1. The molecule has 0 radical (unpaired) electrons. The standard InChI is InChI=1S/C12H18ClN3O4S/c1-12(2,15(3)4)8-14-21(19,20)11-7-9(16(17)18)5-6-10(11)13/h5-7,14H,8H2,1-4H3. The Morgan fingerprint density at radius 3 is 2.43 bits per heavy atom. The highest BCUT2D eigenvalue weighted by atomic mass is 35.5. The number of sulfonamides is 1. The second-order valence-corrected chi connectivity index (χ2v) is 7.55. The molecule has 7 nitrogen and oxygen atoms in total. The summed E-state index contributed by atoms with van der Waals surface area (Å²) >= 11 is 5.85. The molecular weight excluding hydrogens is 318 g/mol. The molecule has 0 bridgehead atoms. The molecule has 0 aliphatic heterocycles. The third-order valence-corrected chi connectivity index (χ3v) is 5.20. The molecule has 0 aromatic heterocycles. The van der Waals surface area contributed by atoms with E-state index in [9.17, 15) is 18.5 Å². The lowest BCUT2D eigenvalue weighted by atomic mass is 10.1. The van der Waals surface area contributed by atoms with E-state index < -0.39 is 20.5 Å².